The molecule has 4 heteroatoms. The molecule has 1 amide bonds. The summed E-state index contributed by atoms with van der Waals surface area (Å²) < 4.78 is 0. The van der Waals surface area contributed by atoms with Crippen molar-refractivity contribution in [2.75, 3.05) is 24.3 Å². The molecule has 0 aliphatic carbocycles. The molecule has 2 N–H and O–H groups in total. The third-order valence-electron chi connectivity index (χ3n) is 3.39. The highest BCUT2D eigenvalue weighted by molar-refractivity contribution is 7.99. The Kier molecular flexibility index (Phi) is 6.22. The lowest BCUT2D eigenvalue weighted by Gasteiger charge is -2.25. The van der Waals surface area contributed by atoms with Gasteiger partial charge in [-0.25, -0.2) is 0 Å². The molecule has 1 atom stereocenters. The summed E-state index contributed by atoms with van der Waals surface area (Å²) in [5, 5.41) is 0. The van der Waals surface area contributed by atoms with Gasteiger partial charge in [0.15, 0.2) is 0 Å². The smallest absolute Gasteiger partial charge is 0.253 e. The highest BCUT2D eigenvalue weighted by Gasteiger charge is 2.17. The molecular weight excluding hydrogens is 256 g/mol. The van der Waals surface area contributed by atoms with Crippen LogP contribution in [-0.2, 0) is 0 Å². The largest absolute Gasteiger partial charge is 0.398 e. The first-order valence-electron chi connectivity index (χ1n) is 6.68. The zero-order chi connectivity index (χ0) is 14.4. The van der Waals surface area contributed by atoms with Crippen LogP contribution in [0.3, 0.4) is 0 Å². The molecule has 0 aliphatic heterocycles. The van der Waals surface area contributed by atoms with Crippen LogP contribution in [-0.4, -0.2) is 35.4 Å². The van der Waals surface area contributed by atoms with Crippen molar-refractivity contribution in [3.8, 4) is 0 Å². The average Bonchev–Trinajstić information content (AvgIpc) is 2.40. The van der Waals surface area contributed by atoms with E-state index in [0.717, 1.165) is 23.5 Å². The number of aryl methyl sites for hydroxylation is 1. The Morgan fingerprint density at radius 3 is 2.74 bits per heavy atom. The highest BCUT2D eigenvalue weighted by Crippen LogP contribution is 2.16. The molecule has 1 aromatic rings. The van der Waals surface area contributed by atoms with E-state index in [1.807, 2.05) is 37.9 Å². The van der Waals surface area contributed by atoms with Gasteiger partial charge < -0.3 is 10.6 Å². The van der Waals surface area contributed by atoms with E-state index in [-0.39, 0.29) is 11.9 Å². The van der Waals surface area contributed by atoms with Gasteiger partial charge in [0.2, 0.25) is 0 Å². The first-order chi connectivity index (χ1) is 8.97. The Hall–Kier alpha value is -1.16. The third kappa shape index (κ3) is 4.46. The second kappa shape index (κ2) is 7.43. The van der Waals surface area contributed by atoms with Crippen LogP contribution >= 0.6 is 11.8 Å². The predicted octanol–water partition coefficient (Wildman–Crippen LogP) is 3.18. The van der Waals surface area contributed by atoms with Crippen molar-refractivity contribution in [1.82, 2.24) is 4.90 Å². The summed E-state index contributed by atoms with van der Waals surface area (Å²) in [4.78, 5) is 14.2. The molecule has 0 bridgehead atoms. The number of hydrogen-bond acceptors (Lipinski definition) is 3. The van der Waals surface area contributed by atoms with Gasteiger partial charge in [0.1, 0.15) is 0 Å². The summed E-state index contributed by atoms with van der Waals surface area (Å²) in [7, 11) is 1.86. The Labute approximate surface area is 120 Å². The van der Waals surface area contributed by atoms with E-state index < -0.39 is 0 Å². The number of nitrogens with two attached hydrogens (primary N) is 1. The lowest BCUT2D eigenvalue weighted by atomic mass is 10.1. The summed E-state index contributed by atoms with van der Waals surface area (Å²) in [5.74, 6) is 2.25. The Morgan fingerprint density at radius 2 is 2.16 bits per heavy atom. The quantitative estimate of drug-likeness (QED) is 0.643. The first kappa shape index (κ1) is 15.9. The third-order valence-corrected chi connectivity index (χ3v) is 4.32. The number of hydrogen-bond donors (Lipinski definition) is 1. The van der Waals surface area contributed by atoms with Gasteiger partial charge in [0.25, 0.3) is 5.91 Å². The summed E-state index contributed by atoms with van der Waals surface area (Å²) in [6.45, 7) is 6.18. The van der Waals surface area contributed by atoms with E-state index in [4.69, 9.17) is 5.73 Å². The van der Waals surface area contributed by atoms with Gasteiger partial charge in [0, 0.05) is 24.3 Å². The van der Waals surface area contributed by atoms with E-state index in [0.29, 0.717) is 11.3 Å². The van der Waals surface area contributed by atoms with E-state index in [2.05, 4.69) is 13.8 Å². The number of nitrogens with zero attached hydrogens (tertiary/aromatic N) is 1. The maximum Gasteiger partial charge on any atom is 0.253 e. The minimum absolute atomic E-state index is 0.0423. The van der Waals surface area contributed by atoms with Crippen LogP contribution in [0.5, 0.6) is 0 Å². The van der Waals surface area contributed by atoms with Crippen LogP contribution in [0.2, 0.25) is 0 Å². The molecule has 0 heterocycles. The number of anilines is 1. The van der Waals surface area contributed by atoms with Gasteiger partial charge in [0.05, 0.1) is 0 Å². The minimum atomic E-state index is 0.0423. The molecule has 0 aliphatic rings. The molecule has 0 aromatic heterocycles. The van der Waals surface area contributed by atoms with Crippen LogP contribution in [0, 0.1) is 6.92 Å². The van der Waals surface area contributed by atoms with Gasteiger partial charge in [-0.05, 0) is 49.5 Å². The van der Waals surface area contributed by atoms with Crippen molar-refractivity contribution in [3.63, 3.8) is 0 Å². The van der Waals surface area contributed by atoms with E-state index in [1.54, 1.807) is 11.0 Å². The average molecular weight is 280 g/mol. The van der Waals surface area contributed by atoms with Crippen LogP contribution in [0.15, 0.2) is 18.2 Å². The lowest BCUT2D eigenvalue weighted by Crippen LogP contribution is -2.35. The molecule has 19 heavy (non-hydrogen) atoms. The summed E-state index contributed by atoms with van der Waals surface area (Å²) in [6, 6.07) is 5.75. The zero-order valence-corrected chi connectivity index (χ0v) is 13.1. The molecule has 0 radical (unpaired) electrons. The normalized spacial score (nSPS) is 12.2. The molecule has 1 unspecified atom stereocenters. The van der Waals surface area contributed by atoms with E-state index in [1.165, 1.54) is 0 Å². The molecule has 1 rings (SSSR count). The maximum atomic E-state index is 12.3. The molecule has 0 spiro atoms. The topological polar surface area (TPSA) is 46.3 Å². The minimum Gasteiger partial charge on any atom is -0.398 e. The summed E-state index contributed by atoms with van der Waals surface area (Å²) in [5.41, 5.74) is 8.21. The SMILES string of the molecule is CCSCCC(C)N(C)C(=O)c1ccc(C)c(N)c1. The number of carbonyl (C=O) groups excluding carboxylic acids is 1. The van der Waals surface area contributed by atoms with Crippen molar-refractivity contribution in [3.05, 3.63) is 29.3 Å². The maximum absolute atomic E-state index is 12.3. The molecule has 1 aromatic carbocycles. The van der Waals surface area contributed by atoms with E-state index >= 15 is 0 Å². The second-order valence-corrected chi connectivity index (χ2v) is 6.22. The fourth-order valence-electron chi connectivity index (χ4n) is 1.77. The molecular formula is C15H24N2OS. The van der Waals surface area contributed by atoms with Crippen molar-refractivity contribution < 1.29 is 4.79 Å². The second-order valence-electron chi connectivity index (χ2n) is 4.82. The van der Waals surface area contributed by atoms with E-state index in [9.17, 15) is 4.79 Å². The Morgan fingerprint density at radius 1 is 1.47 bits per heavy atom. The van der Waals surface area contributed by atoms with Gasteiger partial charge in [-0.3, -0.25) is 4.79 Å². The molecule has 0 fully saturated rings. The number of amides is 1. The van der Waals surface area contributed by atoms with Crippen LogP contribution < -0.4 is 5.73 Å². The first-order valence-corrected chi connectivity index (χ1v) is 7.83. The Bertz CT molecular complexity index is 434. The van der Waals surface area contributed by atoms with Crippen molar-refractivity contribution >= 4 is 23.4 Å². The summed E-state index contributed by atoms with van der Waals surface area (Å²) >= 11 is 1.91. The number of rotatable bonds is 6. The van der Waals surface area contributed by atoms with Crippen LogP contribution in [0.4, 0.5) is 5.69 Å². The fourth-order valence-corrected chi connectivity index (χ4v) is 2.57. The number of benzene rings is 1. The molecule has 106 valence electrons. The van der Waals surface area contributed by atoms with Crippen molar-refractivity contribution in [1.29, 1.82) is 0 Å². The predicted molar refractivity (Wildman–Crippen MR) is 84.8 cm³/mol. The van der Waals surface area contributed by atoms with Gasteiger partial charge in [-0.15, -0.1) is 0 Å². The van der Waals surface area contributed by atoms with Gasteiger partial charge in [-0.1, -0.05) is 13.0 Å². The highest BCUT2D eigenvalue weighted by atomic mass is 32.2. The molecule has 0 saturated heterocycles. The van der Waals surface area contributed by atoms with Crippen molar-refractivity contribution in [2.45, 2.75) is 33.2 Å². The lowest BCUT2D eigenvalue weighted by molar-refractivity contribution is 0.0741. The monoisotopic (exact) mass is 280 g/mol. The van der Waals surface area contributed by atoms with Crippen molar-refractivity contribution in [2.24, 2.45) is 0 Å². The standard InChI is InChI=1S/C15H24N2OS/c1-5-19-9-8-12(3)17(4)15(18)13-7-6-11(2)14(16)10-13/h6-7,10,12H,5,8-9,16H2,1-4H3. The number of nitrogen functional groups attached to an aromatic ring is 1. The fraction of sp³-hybridized carbons (Fsp3) is 0.533. The Balaban J connectivity index is 2.67. The number of thioether (sulfide) groups is 1. The van der Waals surface area contributed by atoms with Gasteiger partial charge in [-0.2, -0.15) is 11.8 Å². The number of carbonyl (C=O) groups is 1. The van der Waals surface area contributed by atoms with Gasteiger partial charge >= 0.3 is 0 Å². The van der Waals surface area contributed by atoms with Crippen LogP contribution in [0.1, 0.15) is 36.2 Å². The van der Waals surface area contributed by atoms with Crippen LogP contribution in [0.25, 0.3) is 0 Å². The molecule has 3 nitrogen and oxygen atoms in total. The zero-order valence-electron chi connectivity index (χ0n) is 12.3. The summed E-state index contributed by atoms with van der Waals surface area (Å²) in [6.07, 6.45) is 1.02. The molecule has 0 saturated carbocycles.